The number of allylic oxidation sites excluding steroid dienone is 1. The van der Waals surface area contributed by atoms with Crippen molar-refractivity contribution in [1.29, 1.82) is 0 Å². The zero-order valence-electron chi connectivity index (χ0n) is 8.76. The number of likely N-dealkylation sites (N-methyl/N-ethyl adjacent to an activating group) is 1. The Hall–Kier alpha value is -0.340. The molecule has 0 spiro atoms. The van der Waals surface area contributed by atoms with Crippen molar-refractivity contribution < 1.29 is 0 Å². The van der Waals surface area contributed by atoms with E-state index in [4.69, 9.17) is 0 Å². The predicted octanol–water partition coefficient (Wildman–Crippen LogP) is 1.64. The van der Waals surface area contributed by atoms with Crippen LogP contribution in [-0.2, 0) is 0 Å². The summed E-state index contributed by atoms with van der Waals surface area (Å²) in [5.74, 6) is 0. The Morgan fingerprint density at radius 3 is 3.08 bits per heavy atom. The minimum atomic E-state index is 0.781. The number of unbranched alkanes of at least 4 members (excludes halogenated alkanes) is 1. The van der Waals surface area contributed by atoms with E-state index in [1.54, 1.807) is 0 Å². The summed E-state index contributed by atoms with van der Waals surface area (Å²) >= 11 is 0. The fraction of sp³-hybridized carbons (Fsp3) is 0.818. The van der Waals surface area contributed by atoms with Crippen LogP contribution in [0.3, 0.4) is 0 Å². The smallest absolute Gasteiger partial charge is 0.0218 e. The molecule has 2 nitrogen and oxygen atoms in total. The molecule has 1 rings (SSSR count). The maximum atomic E-state index is 3.71. The van der Waals surface area contributed by atoms with Crippen LogP contribution < -0.4 is 5.32 Å². The second-order valence-electron chi connectivity index (χ2n) is 3.91. The van der Waals surface area contributed by atoms with E-state index in [-0.39, 0.29) is 0 Å². The Kier molecular flexibility index (Phi) is 5.09. The number of nitrogens with zero attached hydrogens (tertiary/aromatic N) is 1. The van der Waals surface area contributed by atoms with Crippen molar-refractivity contribution in [2.45, 2.75) is 31.7 Å². The highest BCUT2D eigenvalue weighted by atomic mass is 15.2. The average Bonchev–Trinajstić information content (AvgIpc) is 2.52. The Morgan fingerprint density at radius 1 is 1.62 bits per heavy atom. The third-order valence-corrected chi connectivity index (χ3v) is 2.81. The van der Waals surface area contributed by atoms with Gasteiger partial charge in [-0.15, -0.1) is 6.58 Å². The normalized spacial score (nSPS) is 23.6. The van der Waals surface area contributed by atoms with Gasteiger partial charge in [0.2, 0.25) is 0 Å². The van der Waals surface area contributed by atoms with Crippen molar-refractivity contribution in [3.05, 3.63) is 12.7 Å². The van der Waals surface area contributed by atoms with Crippen LogP contribution in [0.2, 0.25) is 0 Å². The van der Waals surface area contributed by atoms with Crippen molar-refractivity contribution in [1.82, 2.24) is 10.2 Å². The zero-order valence-corrected chi connectivity index (χ0v) is 8.76. The molecule has 13 heavy (non-hydrogen) atoms. The van der Waals surface area contributed by atoms with Gasteiger partial charge in [0, 0.05) is 12.6 Å². The minimum Gasteiger partial charge on any atom is -0.315 e. The highest BCUT2D eigenvalue weighted by Crippen LogP contribution is 2.13. The van der Waals surface area contributed by atoms with E-state index < -0.39 is 0 Å². The first-order valence-electron chi connectivity index (χ1n) is 5.36. The Bertz CT molecular complexity index is 145. The summed E-state index contributed by atoms with van der Waals surface area (Å²) in [5.41, 5.74) is 0. The minimum absolute atomic E-state index is 0.781. The number of hydrogen-bond donors (Lipinski definition) is 1. The average molecular weight is 182 g/mol. The molecule has 1 heterocycles. The molecule has 0 bridgehead atoms. The van der Waals surface area contributed by atoms with Gasteiger partial charge in [-0.05, 0) is 45.8 Å². The highest BCUT2D eigenvalue weighted by molar-refractivity contribution is 4.78. The van der Waals surface area contributed by atoms with E-state index >= 15 is 0 Å². The molecule has 1 saturated heterocycles. The predicted molar refractivity (Wildman–Crippen MR) is 58.0 cm³/mol. The van der Waals surface area contributed by atoms with Crippen LogP contribution in [0.1, 0.15) is 25.7 Å². The molecule has 0 aromatic rings. The van der Waals surface area contributed by atoms with Crippen LogP contribution >= 0.6 is 0 Å². The molecule has 0 saturated carbocycles. The Labute approximate surface area is 82.0 Å². The van der Waals surface area contributed by atoms with E-state index in [9.17, 15) is 0 Å². The fourth-order valence-electron chi connectivity index (χ4n) is 1.88. The van der Waals surface area contributed by atoms with E-state index in [0.717, 1.165) is 25.6 Å². The lowest BCUT2D eigenvalue weighted by Crippen LogP contribution is -2.35. The Morgan fingerprint density at radius 2 is 2.46 bits per heavy atom. The van der Waals surface area contributed by atoms with Crippen LogP contribution in [0, 0.1) is 0 Å². The van der Waals surface area contributed by atoms with Gasteiger partial charge in [-0.3, -0.25) is 0 Å². The third-order valence-electron chi connectivity index (χ3n) is 2.81. The molecule has 1 fully saturated rings. The summed E-state index contributed by atoms with van der Waals surface area (Å²) < 4.78 is 0. The van der Waals surface area contributed by atoms with Crippen LogP contribution in [-0.4, -0.2) is 37.6 Å². The molecular formula is C11H22N2. The van der Waals surface area contributed by atoms with E-state index in [2.05, 4.69) is 23.8 Å². The van der Waals surface area contributed by atoms with Crippen LogP contribution in [0.15, 0.2) is 12.7 Å². The van der Waals surface area contributed by atoms with Gasteiger partial charge in [0.05, 0.1) is 0 Å². The standard InChI is InChI=1S/C11H22N2/c1-3-4-5-8-12-10-11-7-6-9-13(11)2/h3,11-12H,1,4-10H2,2H3. The zero-order chi connectivity index (χ0) is 9.52. The van der Waals surface area contributed by atoms with Crippen molar-refractivity contribution >= 4 is 0 Å². The molecule has 76 valence electrons. The van der Waals surface area contributed by atoms with Gasteiger partial charge >= 0.3 is 0 Å². The second kappa shape index (κ2) is 6.17. The molecule has 1 aliphatic heterocycles. The molecular weight excluding hydrogens is 160 g/mol. The molecule has 1 atom stereocenters. The van der Waals surface area contributed by atoms with Crippen molar-refractivity contribution in [2.75, 3.05) is 26.7 Å². The van der Waals surface area contributed by atoms with Gasteiger partial charge in [-0.2, -0.15) is 0 Å². The summed E-state index contributed by atoms with van der Waals surface area (Å²) in [4.78, 5) is 2.46. The Balaban J connectivity index is 1.95. The number of rotatable bonds is 6. The topological polar surface area (TPSA) is 15.3 Å². The van der Waals surface area contributed by atoms with Gasteiger partial charge in [0.25, 0.3) is 0 Å². The molecule has 2 heteroatoms. The van der Waals surface area contributed by atoms with Crippen LogP contribution in [0.5, 0.6) is 0 Å². The highest BCUT2D eigenvalue weighted by Gasteiger charge is 2.19. The van der Waals surface area contributed by atoms with E-state index in [0.29, 0.717) is 0 Å². The fourth-order valence-corrected chi connectivity index (χ4v) is 1.88. The molecule has 1 aliphatic rings. The maximum absolute atomic E-state index is 3.71. The van der Waals surface area contributed by atoms with Crippen LogP contribution in [0.25, 0.3) is 0 Å². The molecule has 0 aromatic heterocycles. The first-order chi connectivity index (χ1) is 6.34. The van der Waals surface area contributed by atoms with Gasteiger partial charge in [0.15, 0.2) is 0 Å². The van der Waals surface area contributed by atoms with Gasteiger partial charge < -0.3 is 10.2 Å². The van der Waals surface area contributed by atoms with Crippen molar-refractivity contribution in [3.63, 3.8) is 0 Å². The molecule has 0 amide bonds. The summed E-state index contributed by atoms with van der Waals surface area (Å²) in [6, 6.07) is 0.781. The lowest BCUT2D eigenvalue weighted by Gasteiger charge is -2.19. The third kappa shape index (κ3) is 3.92. The second-order valence-corrected chi connectivity index (χ2v) is 3.91. The molecule has 1 N–H and O–H groups in total. The summed E-state index contributed by atoms with van der Waals surface area (Å²) in [5, 5.41) is 3.50. The largest absolute Gasteiger partial charge is 0.315 e. The van der Waals surface area contributed by atoms with Crippen molar-refractivity contribution in [2.24, 2.45) is 0 Å². The summed E-state index contributed by atoms with van der Waals surface area (Å²) in [7, 11) is 2.23. The lowest BCUT2D eigenvalue weighted by atomic mass is 10.2. The summed E-state index contributed by atoms with van der Waals surface area (Å²) in [6.07, 6.45) is 7.08. The summed E-state index contributed by atoms with van der Waals surface area (Å²) in [6.45, 7) is 7.28. The first kappa shape index (κ1) is 10.7. The maximum Gasteiger partial charge on any atom is 0.0218 e. The lowest BCUT2D eigenvalue weighted by molar-refractivity contribution is 0.300. The molecule has 0 aliphatic carbocycles. The SMILES string of the molecule is C=CCCCNCC1CCCN1C. The first-order valence-corrected chi connectivity index (χ1v) is 5.36. The van der Waals surface area contributed by atoms with E-state index in [1.165, 1.54) is 25.8 Å². The van der Waals surface area contributed by atoms with Crippen molar-refractivity contribution in [3.8, 4) is 0 Å². The van der Waals surface area contributed by atoms with Gasteiger partial charge in [-0.1, -0.05) is 6.08 Å². The quantitative estimate of drug-likeness (QED) is 0.496. The molecule has 1 unspecified atom stereocenters. The number of likely N-dealkylation sites (tertiary alicyclic amines) is 1. The molecule has 0 radical (unpaired) electrons. The van der Waals surface area contributed by atoms with Gasteiger partial charge in [-0.25, -0.2) is 0 Å². The molecule has 0 aromatic carbocycles. The van der Waals surface area contributed by atoms with Crippen LogP contribution in [0.4, 0.5) is 0 Å². The van der Waals surface area contributed by atoms with E-state index in [1.807, 2.05) is 6.08 Å². The number of nitrogens with one attached hydrogen (secondary N) is 1. The monoisotopic (exact) mass is 182 g/mol. The van der Waals surface area contributed by atoms with Gasteiger partial charge in [0.1, 0.15) is 0 Å². The number of hydrogen-bond acceptors (Lipinski definition) is 2.